The van der Waals surface area contributed by atoms with Crippen LogP contribution in [0.2, 0.25) is 0 Å². The summed E-state index contributed by atoms with van der Waals surface area (Å²) in [5.74, 6) is 1.47. The highest BCUT2D eigenvalue weighted by Gasteiger charge is 2.29. The van der Waals surface area contributed by atoms with Crippen LogP contribution >= 0.6 is 11.3 Å². The molecule has 2 aliphatic rings. The van der Waals surface area contributed by atoms with Crippen LogP contribution in [-0.2, 0) is 24.3 Å². The van der Waals surface area contributed by atoms with E-state index in [1.54, 1.807) is 20.1 Å². The minimum Gasteiger partial charge on any atom is -0.496 e. The van der Waals surface area contributed by atoms with E-state index in [4.69, 9.17) is 4.74 Å². The summed E-state index contributed by atoms with van der Waals surface area (Å²) in [6, 6.07) is 10.1. The molecule has 1 aromatic carbocycles. The Balaban J connectivity index is 1.09. The largest absolute Gasteiger partial charge is 0.496 e. The number of benzene rings is 1. The van der Waals surface area contributed by atoms with Crippen molar-refractivity contribution in [1.29, 1.82) is 5.26 Å². The predicted molar refractivity (Wildman–Crippen MR) is 171 cm³/mol. The molecule has 0 spiro atoms. The van der Waals surface area contributed by atoms with Crippen molar-refractivity contribution in [3.05, 3.63) is 46.7 Å². The Morgan fingerprint density at radius 2 is 1.83 bits per heavy atom. The average Bonchev–Trinajstić information content (AvgIpc) is 3.60. The molecule has 0 aliphatic carbocycles. The first-order chi connectivity index (χ1) is 22.1. The van der Waals surface area contributed by atoms with E-state index in [9.17, 15) is 23.2 Å². The van der Waals surface area contributed by atoms with Gasteiger partial charge in [-0.3, -0.25) is 14.6 Å². The van der Waals surface area contributed by atoms with E-state index in [0.717, 1.165) is 92.2 Å². The highest BCUT2D eigenvalue weighted by molar-refractivity contribution is 7.18. The van der Waals surface area contributed by atoms with Gasteiger partial charge in [-0.15, -0.1) is 11.3 Å². The van der Waals surface area contributed by atoms with E-state index in [1.807, 2.05) is 17.0 Å². The number of carbonyl (C=O) groups is 1. The predicted octanol–water partition coefficient (Wildman–Crippen LogP) is 4.87. The number of nitriles is 1. The monoisotopic (exact) mass is 654 g/mol. The number of thiophene rings is 1. The molecule has 10 nitrogen and oxygen atoms in total. The summed E-state index contributed by atoms with van der Waals surface area (Å²) >= 11 is 1.06. The molecule has 2 fully saturated rings. The summed E-state index contributed by atoms with van der Waals surface area (Å²) in [4.78, 5) is 27.5. The quantitative estimate of drug-likeness (QED) is 0.273. The van der Waals surface area contributed by atoms with Crippen LogP contribution in [0.1, 0.15) is 35.9 Å². The number of hydrogen-bond acceptors (Lipinski definition) is 9. The van der Waals surface area contributed by atoms with Gasteiger partial charge in [0.15, 0.2) is 0 Å². The first-order valence-electron chi connectivity index (χ1n) is 15.5. The number of rotatable bonds is 9. The van der Waals surface area contributed by atoms with Gasteiger partial charge in [-0.2, -0.15) is 18.4 Å². The molecular formula is C32H37F3N8O2S. The average molecular weight is 655 g/mol. The lowest BCUT2D eigenvalue weighted by atomic mass is 10.0. The molecule has 244 valence electrons. The Morgan fingerprint density at radius 1 is 1.07 bits per heavy atom. The summed E-state index contributed by atoms with van der Waals surface area (Å²) in [6.07, 6.45) is -2.13. The number of aromatic nitrogens is 3. The Morgan fingerprint density at radius 3 is 2.50 bits per heavy atom. The zero-order valence-corrected chi connectivity index (χ0v) is 26.8. The van der Waals surface area contributed by atoms with E-state index >= 15 is 0 Å². The lowest BCUT2D eigenvalue weighted by Gasteiger charge is -2.34. The Hall–Kier alpha value is -3.93. The molecule has 1 amide bonds. The number of piperidine rings is 1. The molecule has 6 rings (SSSR count). The van der Waals surface area contributed by atoms with Crippen LogP contribution in [-0.4, -0.2) is 100 Å². The van der Waals surface area contributed by atoms with Crippen molar-refractivity contribution in [1.82, 2.24) is 29.2 Å². The molecule has 14 heteroatoms. The maximum atomic E-state index is 12.9. The Bertz CT molecular complexity index is 1750. The van der Waals surface area contributed by atoms with Crippen molar-refractivity contribution < 1.29 is 22.7 Å². The number of carbonyl (C=O) groups excluding carboxylic acids is 1. The van der Waals surface area contributed by atoms with Gasteiger partial charge in [-0.25, -0.2) is 9.97 Å². The maximum Gasteiger partial charge on any atom is 0.393 e. The fraction of sp³-hybridized carbons (Fsp3) is 0.500. The molecule has 4 aromatic rings. The molecule has 3 aromatic heterocycles. The van der Waals surface area contributed by atoms with Crippen molar-refractivity contribution in [2.45, 2.75) is 51.5 Å². The number of piperazine rings is 1. The number of nitrogens with zero attached hydrogens (tertiary/aromatic N) is 7. The van der Waals surface area contributed by atoms with E-state index in [-0.39, 0.29) is 16.8 Å². The normalized spacial score (nSPS) is 17.1. The molecule has 0 atom stereocenters. The van der Waals surface area contributed by atoms with Gasteiger partial charge in [0.25, 0.3) is 0 Å². The van der Waals surface area contributed by atoms with Crippen molar-refractivity contribution in [3.8, 4) is 11.8 Å². The lowest BCUT2D eigenvalue weighted by molar-refractivity contribution is -0.130. The first-order valence-corrected chi connectivity index (χ1v) is 16.3. The number of anilines is 1. The summed E-state index contributed by atoms with van der Waals surface area (Å²) in [5, 5.41) is 15.0. The molecule has 46 heavy (non-hydrogen) atoms. The van der Waals surface area contributed by atoms with Gasteiger partial charge in [-0.1, -0.05) is 0 Å². The van der Waals surface area contributed by atoms with Crippen LogP contribution in [0.5, 0.6) is 5.75 Å². The second-order valence-corrected chi connectivity index (χ2v) is 13.1. The number of alkyl halides is 3. The zero-order valence-electron chi connectivity index (χ0n) is 25.9. The van der Waals surface area contributed by atoms with Gasteiger partial charge in [0.1, 0.15) is 34.5 Å². The van der Waals surface area contributed by atoms with Gasteiger partial charge in [-0.05, 0) is 31.0 Å². The number of nitrogens with one attached hydrogen (secondary N) is 1. The third kappa shape index (κ3) is 7.22. The number of ether oxygens (including phenoxy) is 1. The minimum absolute atomic E-state index is 0.109. The lowest BCUT2D eigenvalue weighted by Crippen LogP contribution is -2.48. The highest BCUT2D eigenvalue weighted by Crippen LogP contribution is 2.34. The van der Waals surface area contributed by atoms with Gasteiger partial charge >= 0.3 is 6.18 Å². The highest BCUT2D eigenvalue weighted by atomic mass is 32.1. The molecule has 0 bridgehead atoms. The Kier molecular flexibility index (Phi) is 9.35. The molecule has 2 aliphatic heterocycles. The van der Waals surface area contributed by atoms with Crippen LogP contribution in [0.15, 0.2) is 30.6 Å². The van der Waals surface area contributed by atoms with Gasteiger partial charge in [0.2, 0.25) is 5.91 Å². The molecular weight excluding hydrogens is 617 g/mol. The minimum atomic E-state index is -4.27. The van der Waals surface area contributed by atoms with Crippen molar-refractivity contribution >= 4 is 44.2 Å². The molecule has 0 radical (unpaired) electrons. The molecule has 0 saturated carbocycles. The topological polar surface area (TPSA) is 103 Å². The summed E-state index contributed by atoms with van der Waals surface area (Å²) in [6.45, 7) is 8.51. The third-order valence-electron chi connectivity index (χ3n) is 8.95. The molecule has 0 unspecified atom stereocenters. The SMILES string of the molecule is COc1cc2c(cc1CN1CCC(Nc3ncnc4sc(CC(F)(F)F)cc34)CC1)cc(C#N)n2CCN1CCN(C(C)=O)CC1. The van der Waals surface area contributed by atoms with Gasteiger partial charge in [0.05, 0.1) is 24.4 Å². The van der Waals surface area contributed by atoms with E-state index in [2.05, 4.69) is 41.8 Å². The molecule has 1 N–H and O–H groups in total. The van der Waals surface area contributed by atoms with E-state index < -0.39 is 12.6 Å². The van der Waals surface area contributed by atoms with E-state index in [0.29, 0.717) is 34.8 Å². The maximum absolute atomic E-state index is 12.9. The van der Waals surface area contributed by atoms with Gasteiger partial charge in [0, 0.05) is 93.8 Å². The van der Waals surface area contributed by atoms with Crippen LogP contribution in [0.3, 0.4) is 0 Å². The first kappa shape index (κ1) is 32.0. The van der Waals surface area contributed by atoms with Gasteiger partial charge < -0.3 is 19.5 Å². The summed E-state index contributed by atoms with van der Waals surface area (Å²) in [7, 11) is 1.67. The fourth-order valence-corrected chi connectivity index (χ4v) is 7.51. The van der Waals surface area contributed by atoms with Crippen LogP contribution in [0.4, 0.5) is 19.0 Å². The second-order valence-electron chi connectivity index (χ2n) is 12.0. The smallest absolute Gasteiger partial charge is 0.393 e. The summed E-state index contributed by atoms with van der Waals surface area (Å²) < 4.78 is 46.7. The number of amides is 1. The van der Waals surface area contributed by atoms with E-state index in [1.165, 1.54) is 6.33 Å². The van der Waals surface area contributed by atoms with Crippen molar-refractivity contribution in [2.75, 3.05) is 58.2 Å². The number of fused-ring (bicyclic) bond motifs is 2. The zero-order chi connectivity index (χ0) is 32.4. The number of likely N-dealkylation sites (tertiary alicyclic amines) is 1. The number of methoxy groups -OCH3 is 1. The molecule has 5 heterocycles. The Labute approximate surface area is 269 Å². The second kappa shape index (κ2) is 13.4. The van der Waals surface area contributed by atoms with Crippen LogP contribution in [0, 0.1) is 11.3 Å². The number of hydrogen-bond donors (Lipinski definition) is 1. The fourth-order valence-electron chi connectivity index (χ4n) is 6.49. The van der Waals surface area contributed by atoms with Crippen molar-refractivity contribution in [3.63, 3.8) is 0 Å². The van der Waals surface area contributed by atoms with Crippen molar-refractivity contribution in [2.24, 2.45) is 0 Å². The van der Waals surface area contributed by atoms with Crippen LogP contribution < -0.4 is 10.1 Å². The molecule has 2 saturated heterocycles. The van der Waals surface area contributed by atoms with Crippen LogP contribution in [0.25, 0.3) is 21.1 Å². The third-order valence-corrected chi connectivity index (χ3v) is 10.00. The standard InChI is InChI=1S/C32H37F3N8O2S/c1-21(44)42-10-7-40(8-11-42)9-12-43-25(18-36)14-22-13-23(29(45-2)16-28(22)43)19-41-5-3-24(4-6-41)39-30-27-15-26(17-32(33,34)35)46-31(27)38-20-37-30/h13-16,20,24H,3-12,17,19H2,1-2H3,(H,37,38,39). The number of halogens is 3. The summed E-state index contributed by atoms with van der Waals surface area (Å²) in [5.41, 5.74) is 2.63.